The average Bonchev–Trinajstić information content (AvgIpc) is 3.16. The van der Waals surface area contributed by atoms with Gasteiger partial charge >= 0.3 is 0 Å². The minimum atomic E-state index is -3.22. The predicted octanol–water partition coefficient (Wildman–Crippen LogP) is 3.72. The zero-order valence-electron chi connectivity index (χ0n) is 18.7. The summed E-state index contributed by atoms with van der Waals surface area (Å²) in [5.41, 5.74) is 1.76. The van der Waals surface area contributed by atoms with Crippen LogP contribution in [0.15, 0.2) is 57.7 Å². The summed E-state index contributed by atoms with van der Waals surface area (Å²) in [7, 11) is -3.22. The number of aryl methyl sites for hydroxylation is 1. The fourth-order valence-corrected chi connectivity index (χ4v) is 5.74. The molecule has 0 aliphatic carbocycles. The highest BCUT2D eigenvalue weighted by atomic mass is 32.2. The first-order chi connectivity index (χ1) is 15.8. The van der Waals surface area contributed by atoms with Crippen molar-refractivity contribution in [1.29, 1.82) is 0 Å². The van der Waals surface area contributed by atoms with E-state index < -0.39 is 21.8 Å². The highest BCUT2D eigenvalue weighted by Gasteiger charge is 2.36. The van der Waals surface area contributed by atoms with Crippen LogP contribution in [0.5, 0.6) is 5.75 Å². The first kappa shape index (κ1) is 23.0. The minimum Gasteiger partial charge on any atom is -0.494 e. The summed E-state index contributed by atoms with van der Waals surface area (Å²) in [5.74, 6) is 0.0730. The number of amides is 1. The second-order valence-corrected chi connectivity index (χ2v) is 10.7. The molecule has 0 bridgehead atoms. The van der Waals surface area contributed by atoms with Crippen molar-refractivity contribution in [3.05, 3.63) is 75.6 Å². The van der Waals surface area contributed by atoms with Crippen LogP contribution >= 0.6 is 0 Å². The molecule has 1 fully saturated rings. The van der Waals surface area contributed by atoms with Crippen LogP contribution in [0.1, 0.15) is 41.4 Å². The molecular formula is C25H27NO6S. The lowest BCUT2D eigenvalue weighted by molar-refractivity contribution is 0.0648. The van der Waals surface area contributed by atoms with Crippen molar-refractivity contribution >= 4 is 26.7 Å². The normalized spacial score (nSPS) is 17.2. The third-order valence-corrected chi connectivity index (χ3v) is 7.50. The summed E-state index contributed by atoms with van der Waals surface area (Å²) in [5, 5.41) is 0.407. The maximum atomic E-state index is 13.5. The Bertz CT molecular complexity index is 1330. The number of hydrogen-bond acceptors (Lipinski definition) is 6. The van der Waals surface area contributed by atoms with Crippen LogP contribution in [0.2, 0.25) is 0 Å². The molecule has 1 aliphatic rings. The van der Waals surface area contributed by atoms with E-state index in [2.05, 4.69) is 0 Å². The number of sulfone groups is 1. The summed E-state index contributed by atoms with van der Waals surface area (Å²) in [6.45, 7) is 4.71. The molecule has 1 atom stereocenters. The van der Waals surface area contributed by atoms with Gasteiger partial charge in [0.15, 0.2) is 21.0 Å². The van der Waals surface area contributed by atoms with Crippen LogP contribution < -0.4 is 10.2 Å². The average molecular weight is 470 g/mol. The van der Waals surface area contributed by atoms with E-state index in [0.717, 1.165) is 23.3 Å². The Morgan fingerprint density at radius 3 is 2.58 bits per heavy atom. The van der Waals surface area contributed by atoms with Gasteiger partial charge in [-0.1, -0.05) is 30.7 Å². The van der Waals surface area contributed by atoms with Crippen LogP contribution in [0.3, 0.4) is 0 Å². The molecule has 7 nitrogen and oxygen atoms in total. The summed E-state index contributed by atoms with van der Waals surface area (Å²) in [6, 6.07) is 13.3. The largest absolute Gasteiger partial charge is 0.494 e. The van der Waals surface area contributed by atoms with Crippen molar-refractivity contribution in [1.82, 2.24) is 4.90 Å². The molecule has 0 unspecified atom stereocenters. The minimum absolute atomic E-state index is 0.0339. The number of fused-ring (bicyclic) bond motifs is 1. The first-order valence-electron chi connectivity index (χ1n) is 11.0. The zero-order chi connectivity index (χ0) is 23.6. The summed E-state index contributed by atoms with van der Waals surface area (Å²) >= 11 is 0. The van der Waals surface area contributed by atoms with E-state index in [9.17, 15) is 18.0 Å². The van der Waals surface area contributed by atoms with Gasteiger partial charge in [-0.3, -0.25) is 9.59 Å². The SMILES string of the molecule is CCCOc1ccc(CN(C(=O)c2cc(=O)c3cc(C)ccc3o2)[C@@H]2CCS(=O)(=O)C2)cc1. The van der Waals surface area contributed by atoms with Crippen LogP contribution in [0.25, 0.3) is 11.0 Å². The van der Waals surface area contributed by atoms with Crippen LogP contribution in [-0.2, 0) is 16.4 Å². The predicted molar refractivity (Wildman–Crippen MR) is 126 cm³/mol. The number of hydrogen-bond donors (Lipinski definition) is 0. The molecular weight excluding hydrogens is 442 g/mol. The van der Waals surface area contributed by atoms with E-state index in [1.807, 2.05) is 44.2 Å². The Hall–Kier alpha value is -3.13. The monoisotopic (exact) mass is 469 g/mol. The van der Waals surface area contributed by atoms with Gasteiger partial charge in [-0.2, -0.15) is 0 Å². The molecule has 1 aliphatic heterocycles. The van der Waals surface area contributed by atoms with E-state index >= 15 is 0 Å². The summed E-state index contributed by atoms with van der Waals surface area (Å²) < 4.78 is 35.7. The summed E-state index contributed by atoms with van der Waals surface area (Å²) in [6.07, 6.45) is 1.25. The second kappa shape index (κ2) is 9.39. The first-order valence-corrected chi connectivity index (χ1v) is 12.9. The maximum Gasteiger partial charge on any atom is 0.290 e. The lowest BCUT2D eigenvalue weighted by Gasteiger charge is -2.28. The Morgan fingerprint density at radius 2 is 1.91 bits per heavy atom. The lowest BCUT2D eigenvalue weighted by Crippen LogP contribution is -2.40. The van der Waals surface area contributed by atoms with Crippen molar-refractivity contribution < 1.29 is 22.4 Å². The van der Waals surface area contributed by atoms with Gasteiger partial charge < -0.3 is 14.1 Å². The van der Waals surface area contributed by atoms with Crippen molar-refractivity contribution in [2.24, 2.45) is 0 Å². The van der Waals surface area contributed by atoms with Gasteiger partial charge in [-0.25, -0.2) is 8.42 Å². The molecule has 174 valence electrons. The number of ether oxygens (including phenoxy) is 1. The molecule has 1 aromatic heterocycles. The number of rotatable bonds is 7. The van der Waals surface area contributed by atoms with E-state index in [1.165, 1.54) is 11.0 Å². The van der Waals surface area contributed by atoms with E-state index in [-0.39, 0.29) is 29.2 Å². The highest BCUT2D eigenvalue weighted by molar-refractivity contribution is 7.91. The lowest BCUT2D eigenvalue weighted by atomic mass is 10.1. The van der Waals surface area contributed by atoms with Gasteiger partial charge in [0, 0.05) is 18.7 Å². The number of nitrogens with zero attached hydrogens (tertiary/aromatic N) is 1. The topological polar surface area (TPSA) is 93.9 Å². The van der Waals surface area contributed by atoms with Gasteiger partial charge in [0.05, 0.1) is 23.5 Å². The zero-order valence-corrected chi connectivity index (χ0v) is 19.6. The Balaban J connectivity index is 1.66. The quantitative estimate of drug-likeness (QED) is 0.524. The van der Waals surface area contributed by atoms with Crippen LogP contribution in [0, 0.1) is 6.92 Å². The number of carbonyl (C=O) groups is 1. The van der Waals surface area contributed by atoms with E-state index in [0.29, 0.717) is 24.0 Å². The fraction of sp³-hybridized carbons (Fsp3) is 0.360. The molecule has 33 heavy (non-hydrogen) atoms. The molecule has 3 aromatic rings. The van der Waals surface area contributed by atoms with Crippen LogP contribution in [-0.4, -0.2) is 43.4 Å². The van der Waals surface area contributed by atoms with Gasteiger partial charge in [0.1, 0.15) is 11.3 Å². The van der Waals surface area contributed by atoms with E-state index in [1.54, 1.807) is 12.1 Å². The van der Waals surface area contributed by atoms with Crippen molar-refractivity contribution in [3.63, 3.8) is 0 Å². The molecule has 0 spiro atoms. The summed E-state index contributed by atoms with van der Waals surface area (Å²) in [4.78, 5) is 27.6. The Morgan fingerprint density at radius 1 is 1.15 bits per heavy atom. The maximum absolute atomic E-state index is 13.5. The van der Waals surface area contributed by atoms with Crippen molar-refractivity contribution in [3.8, 4) is 5.75 Å². The second-order valence-electron chi connectivity index (χ2n) is 8.46. The molecule has 0 saturated carbocycles. The fourth-order valence-electron chi connectivity index (χ4n) is 4.01. The van der Waals surface area contributed by atoms with Gasteiger partial charge in [0.25, 0.3) is 5.91 Å². The Labute approximate surface area is 192 Å². The van der Waals surface area contributed by atoms with Crippen LogP contribution in [0.4, 0.5) is 0 Å². The number of benzene rings is 2. The molecule has 2 aromatic carbocycles. The molecule has 1 saturated heterocycles. The third kappa shape index (κ3) is 5.27. The van der Waals surface area contributed by atoms with Gasteiger partial charge in [-0.05, 0) is 49.6 Å². The smallest absolute Gasteiger partial charge is 0.290 e. The number of carbonyl (C=O) groups excluding carboxylic acids is 1. The molecule has 2 heterocycles. The standard InChI is InChI=1S/C25H27NO6S/c1-3-11-31-20-7-5-18(6-8-20)15-26(19-10-12-33(29,30)16-19)25(28)24-14-22(27)21-13-17(2)4-9-23(21)32-24/h4-9,13-14,19H,3,10-12,15-16H2,1-2H3/t19-/m1/s1. The van der Waals surface area contributed by atoms with E-state index in [4.69, 9.17) is 9.15 Å². The highest BCUT2D eigenvalue weighted by Crippen LogP contribution is 2.24. The third-order valence-electron chi connectivity index (χ3n) is 5.75. The molecule has 4 rings (SSSR count). The molecule has 8 heteroatoms. The van der Waals surface area contributed by atoms with Crippen molar-refractivity contribution in [2.45, 2.75) is 39.3 Å². The molecule has 0 radical (unpaired) electrons. The van der Waals surface area contributed by atoms with Crippen molar-refractivity contribution in [2.75, 3.05) is 18.1 Å². The molecule has 0 N–H and O–H groups in total. The molecule has 1 amide bonds. The Kier molecular flexibility index (Phi) is 6.56. The van der Waals surface area contributed by atoms with Gasteiger partial charge in [0.2, 0.25) is 0 Å². The van der Waals surface area contributed by atoms with Gasteiger partial charge in [-0.15, -0.1) is 0 Å².